The van der Waals surface area contributed by atoms with Crippen molar-refractivity contribution in [3.8, 4) is 5.75 Å². The molecular formula is C16H14Br2F2O. The zero-order valence-corrected chi connectivity index (χ0v) is 14.5. The molecule has 0 saturated heterocycles. The van der Waals surface area contributed by atoms with Crippen molar-refractivity contribution >= 4 is 31.9 Å². The van der Waals surface area contributed by atoms with Crippen molar-refractivity contribution < 1.29 is 13.5 Å². The second-order valence-corrected chi connectivity index (χ2v) is 6.50. The van der Waals surface area contributed by atoms with Gasteiger partial charge in [0.1, 0.15) is 5.75 Å². The number of rotatable bonds is 5. The van der Waals surface area contributed by atoms with Crippen LogP contribution in [0.1, 0.15) is 22.9 Å². The third-order valence-electron chi connectivity index (χ3n) is 3.02. The first-order valence-corrected chi connectivity index (χ1v) is 8.22. The Morgan fingerprint density at radius 3 is 2.48 bits per heavy atom. The summed E-state index contributed by atoms with van der Waals surface area (Å²) >= 11 is 7.11. The molecule has 21 heavy (non-hydrogen) atoms. The number of hydrogen-bond donors (Lipinski definition) is 0. The third-order valence-corrected chi connectivity index (χ3v) is 4.52. The van der Waals surface area contributed by atoms with E-state index >= 15 is 0 Å². The van der Waals surface area contributed by atoms with Gasteiger partial charge < -0.3 is 4.74 Å². The van der Waals surface area contributed by atoms with Crippen molar-refractivity contribution in [3.05, 3.63) is 63.6 Å². The average Bonchev–Trinajstić information content (AvgIpc) is 2.43. The topological polar surface area (TPSA) is 9.23 Å². The molecular weight excluding hydrogens is 406 g/mol. The maximum Gasteiger partial charge on any atom is 0.159 e. The normalized spacial score (nSPS) is 12.2. The van der Waals surface area contributed by atoms with Crippen molar-refractivity contribution in [1.82, 2.24) is 0 Å². The molecule has 0 N–H and O–H groups in total. The molecule has 0 radical (unpaired) electrons. The fourth-order valence-corrected chi connectivity index (χ4v) is 3.72. The Labute approximate surface area is 139 Å². The molecule has 0 aromatic heterocycles. The molecule has 0 heterocycles. The molecule has 112 valence electrons. The van der Waals surface area contributed by atoms with Gasteiger partial charge in [-0.05, 0) is 48.7 Å². The first-order valence-electron chi connectivity index (χ1n) is 6.51. The second kappa shape index (κ2) is 7.36. The van der Waals surface area contributed by atoms with Gasteiger partial charge in [-0.15, -0.1) is 0 Å². The van der Waals surface area contributed by atoms with Crippen LogP contribution in [0.15, 0.2) is 40.9 Å². The van der Waals surface area contributed by atoms with Crippen molar-refractivity contribution in [2.24, 2.45) is 0 Å². The summed E-state index contributed by atoms with van der Waals surface area (Å²) in [6.45, 7) is 2.54. The molecule has 0 saturated carbocycles. The van der Waals surface area contributed by atoms with Crippen LogP contribution in [-0.4, -0.2) is 6.61 Å². The summed E-state index contributed by atoms with van der Waals surface area (Å²) in [5, 5.41) is 0. The number of halogens is 4. The maximum atomic E-state index is 13.2. The lowest BCUT2D eigenvalue weighted by atomic mass is 10.0. The Hall–Kier alpha value is -0.940. The fraction of sp³-hybridized carbons (Fsp3) is 0.250. The molecule has 1 unspecified atom stereocenters. The van der Waals surface area contributed by atoms with Crippen LogP contribution in [0.25, 0.3) is 0 Å². The Kier molecular flexibility index (Phi) is 5.76. The predicted molar refractivity (Wildman–Crippen MR) is 87.0 cm³/mol. The molecule has 0 amide bonds. The third kappa shape index (κ3) is 4.27. The van der Waals surface area contributed by atoms with E-state index in [1.165, 1.54) is 6.07 Å². The van der Waals surface area contributed by atoms with Crippen LogP contribution in [0.4, 0.5) is 8.78 Å². The van der Waals surface area contributed by atoms with Crippen LogP contribution in [-0.2, 0) is 6.42 Å². The highest BCUT2D eigenvalue weighted by Crippen LogP contribution is 2.34. The Morgan fingerprint density at radius 2 is 1.86 bits per heavy atom. The smallest absolute Gasteiger partial charge is 0.159 e. The van der Waals surface area contributed by atoms with Gasteiger partial charge >= 0.3 is 0 Å². The number of ether oxygens (including phenoxy) is 1. The summed E-state index contributed by atoms with van der Waals surface area (Å²) < 4.78 is 32.5. The molecule has 0 spiro atoms. The minimum atomic E-state index is -0.827. The molecule has 1 atom stereocenters. The quantitative estimate of drug-likeness (QED) is 0.556. The molecule has 0 aliphatic heterocycles. The first-order chi connectivity index (χ1) is 10.0. The minimum Gasteiger partial charge on any atom is -0.494 e. The standard InChI is InChI=1S/C16H14Br2F2O/c1-2-21-11-4-5-12(14(18)9-11)13(17)7-10-3-6-15(19)16(20)8-10/h3-6,8-9,13H,2,7H2,1H3. The van der Waals surface area contributed by atoms with E-state index in [4.69, 9.17) is 4.74 Å². The van der Waals surface area contributed by atoms with Gasteiger partial charge in [-0.3, -0.25) is 0 Å². The van der Waals surface area contributed by atoms with E-state index in [0.717, 1.165) is 27.4 Å². The molecule has 5 heteroatoms. The SMILES string of the molecule is CCOc1ccc(C(Br)Cc2ccc(F)c(F)c2)c(Br)c1. The molecule has 2 aromatic rings. The van der Waals surface area contributed by atoms with Gasteiger partial charge in [0.05, 0.1) is 6.61 Å². The number of hydrogen-bond acceptors (Lipinski definition) is 1. The van der Waals surface area contributed by atoms with E-state index < -0.39 is 11.6 Å². The Balaban J connectivity index is 2.16. The zero-order chi connectivity index (χ0) is 15.4. The van der Waals surface area contributed by atoms with Gasteiger partial charge in [-0.2, -0.15) is 0 Å². The summed E-state index contributed by atoms with van der Waals surface area (Å²) in [7, 11) is 0. The van der Waals surface area contributed by atoms with Crippen molar-refractivity contribution in [2.45, 2.75) is 18.2 Å². The van der Waals surface area contributed by atoms with Crippen molar-refractivity contribution in [3.63, 3.8) is 0 Å². The Morgan fingerprint density at radius 1 is 1.10 bits per heavy atom. The summed E-state index contributed by atoms with van der Waals surface area (Å²) in [5.74, 6) is -0.856. The second-order valence-electron chi connectivity index (χ2n) is 4.54. The van der Waals surface area contributed by atoms with E-state index in [1.54, 1.807) is 6.07 Å². The highest BCUT2D eigenvalue weighted by molar-refractivity contribution is 9.11. The highest BCUT2D eigenvalue weighted by Gasteiger charge is 2.14. The lowest BCUT2D eigenvalue weighted by molar-refractivity contribution is 0.340. The van der Waals surface area contributed by atoms with Crippen molar-refractivity contribution in [1.29, 1.82) is 0 Å². The molecule has 2 rings (SSSR count). The minimum absolute atomic E-state index is 0.00703. The number of alkyl halides is 1. The molecule has 0 bridgehead atoms. The summed E-state index contributed by atoms with van der Waals surface area (Å²) in [6.07, 6.45) is 0.559. The van der Waals surface area contributed by atoms with Gasteiger partial charge in [0.15, 0.2) is 11.6 Å². The summed E-state index contributed by atoms with van der Waals surface area (Å²) in [6, 6.07) is 9.72. The van der Waals surface area contributed by atoms with E-state index in [9.17, 15) is 8.78 Å². The van der Waals surface area contributed by atoms with Gasteiger partial charge in [-0.1, -0.05) is 44.0 Å². The Bertz CT molecular complexity index is 632. The van der Waals surface area contributed by atoms with Crippen LogP contribution in [0.2, 0.25) is 0 Å². The van der Waals surface area contributed by atoms with Gasteiger partial charge in [0.25, 0.3) is 0 Å². The average molecular weight is 420 g/mol. The van der Waals surface area contributed by atoms with E-state index in [-0.39, 0.29) is 4.83 Å². The van der Waals surface area contributed by atoms with Crippen LogP contribution in [0.5, 0.6) is 5.75 Å². The molecule has 2 aromatic carbocycles. The summed E-state index contributed by atoms with van der Waals surface area (Å²) in [5.41, 5.74) is 1.76. The summed E-state index contributed by atoms with van der Waals surface area (Å²) in [4.78, 5) is -0.00703. The van der Waals surface area contributed by atoms with Gasteiger partial charge in [-0.25, -0.2) is 8.78 Å². The van der Waals surface area contributed by atoms with Crippen LogP contribution in [0.3, 0.4) is 0 Å². The molecule has 0 fully saturated rings. The fourth-order valence-electron chi connectivity index (χ4n) is 2.00. The largest absolute Gasteiger partial charge is 0.494 e. The van der Waals surface area contributed by atoms with Crippen LogP contribution in [0, 0.1) is 11.6 Å². The maximum absolute atomic E-state index is 13.2. The lowest BCUT2D eigenvalue weighted by Crippen LogP contribution is -1.99. The predicted octanol–water partition coefficient (Wildman–Crippen LogP) is 5.80. The molecule has 1 nitrogen and oxygen atoms in total. The zero-order valence-electron chi connectivity index (χ0n) is 11.4. The lowest BCUT2D eigenvalue weighted by Gasteiger charge is -2.14. The van der Waals surface area contributed by atoms with Crippen LogP contribution < -0.4 is 4.74 Å². The van der Waals surface area contributed by atoms with Crippen LogP contribution >= 0.6 is 31.9 Å². The van der Waals surface area contributed by atoms with Crippen molar-refractivity contribution in [2.75, 3.05) is 6.61 Å². The number of benzene rings is 2. The highest BCUT2D eigenvalue weighted by atomic mass is 79.9. The monoisotopic (exact) mass is 418 g/mol. The first kappa shape index (κ1) is 16.4. The van der Waals surface area contributed by atoms with Gasteiger partial charge in [0.2, 0.25) is 0 Å². The van der Waals surface area contributed by atoms with Gasteiger partial charge in [0, 0.05) is 9.30 Å². The van der Waals surface area contributed by atoms with E-state index in [2.05, 4.69) is 31.9 Å². The molecule has 0 aliphatic rings. The van der Waals surface area contributed by atoms with E-state index in [0.29, 0.717) is 13.0 Å². The van der Waals surface area contributed by atoms with E-state index in [1.807, 2.05) is 25.1 Å². The molecule has 0 aliphatic carbocycles.